The predicted molar refractivity (Wildman–Crippen MR) is 232 cm³/mol. The van der Waals surface area contributed by atoms with Crippen molar-refractivity contribution in [3.05, 3.63) is 164 Å². The molecular weight excluding hydrogens is 849 g/mol. The van der Waals surface area contributed by atoms with Crippen LogP contribution in [0.2, 0.25) is 0 Å². The Labute approximate surface area is 401 Å². The maximum absolute atomic E-state index is 11.5. The Morgan fingerprint density at radius 3 is 1.10 bits per heavy atom. The van der Waals surface area contributed by atoms with Crippen molar-refractivity contribution in [2.45, 2.75) is 9.79 Å². The van der Waals surface area contributed by atoms with Gasteiger partial charge in [-0.25, -0.2) is 16.8 Å². The van der Waals surface area contributed by atoms with E-state index in [1.165, 1.54) is 48.5 Å². The molecule has 8 aromatic rings. The Balaban J connectivity index is 0.00000321. The second kappa shape index (κ2) is 20.1. The van der Waals surface area contributed by atoms with Gasteiger partial charge in [0.05, 0.1) is 9.79 Å². The molecule has 62 heavy (non-hydrogen) atoms. The van der Waals surface area contributed by atoms with Crippen molar-refractivity contribution in [2.75, 3.05) is 31.9 Å². The van der Waals surface area contributed by atoms with E-state index in [-0.39, 0.29) is 86.8 Å². The molecule has 0 aliphatic heterocycles. The molecule has 0 atom stereocenters. The van der Waals surface area contributed by atoms with Gasteiger partial charge in [0.25, 0.3) is 0 Å². The van der Waals surface area contributed by atoms with E-state index in [0.29, 0.717) is 22.7 Å². The first-order chi connectivity index (χ1) is 28.9. The first kappa shape index (κ1) is 45.9. The topological polar surface area (TPSA) is 225 Å². The number of nitrogens with zero attached hydrogens (tertiary/aromatic N) is 3. The second-order valence-corrected chi connectivity index (χ2v) is 16.0. The monoisotopic (exact) mass is 881 g/mol. The van der Waals surface area contributed by atoms with Crippen molar-refractivity contribution in [2.24, 2.45) is 0 Å². The molecule has 300 valence electrons. The summed E-state index contributed by atoms with van der Waals surface area (Å²) >= 11 is 0. The third-order valence-electron chi connectivity index (χ3n) is 8.94. The van der Waals surface area contributed by atoms with Crippen LogP contribution in [0.3, 0.4) is 0 Å². The molecule has 0 saturated heterocycles. The maximum atomic E-state index is 11.5. The Bertz CT molecular complexity index is 2840. The zero-order chi connectivity index (χ0) is 41.7. The van der Waals surface area contributed by atoms with Gasteiger partial charge in [0, 0.05) is 62.0 Å². The van der Waals surface area contributed by atoms with Gasteiger partial charge >= 0.3 is 59.1 Å². The zero-order valence-corrected chi connectivity index (χ0v) is 38.8. The Kier molecular flexibility index (Phi) is 14.9. The summed E-state index contributed by atoms with van der Waals surface area (Å²) in [5.74, 6) is 0.570. The van der Waals surface area contributed by atoms with Crippen molar-refractivity contribution in [3.63, 3.8) is 0 Å². The molecule has 8 rings (SSSR count). The van der Waals surface area contributed by atoms with Gasteiger partial charge in [-0.2, -0.15) is 15.0 Å². The third-order valence-corrected chi connectivity index (χ3v) is 10.6. The summed E-state index contributed by atoms with van der Waals surface area (Å²) in [5.41, 5.74) is 6.29. The smallest absolute Gasteiger partial charge is 0.744 e. The first-order valence-electron chi connectivity index (χ1n) is 18.2. The number of benzene rings is 7. The van der Waals surface area contributed by atoms with E-state index >= 15 is 0 Å². The Morgan fingerprint density at radius 2 is 0.677 bits per heavy atom. The van der Waals surface area contributed by atoms with Gasteiger partial charge in [0.2, 0.25) is 17.8 Å². The quantitative estimate of drug-likeness (QED) is 0.0681. The standard InChI is InChI=1S/C43H35N9O6S2.2Na/c53-59(54,55)35-21-17-30(18-22-35)45-33-25-32(44-28-9-3-1-4-10-28)26-34(27-33)46-39-15-7-14-38-37(39)13-8-16-40(38)49-43-51-41(47-29-11-5-2-6-12-29)50-42(52-43)48-31-19-23-36(24-20-31)60(56,57)58;;/h1-27,44-46H,(H,53,54,55)(H,56,57,58)(H3,47,48,49,50,51,52);;/q;2*+1/p-2. The summed E-state index contributed by atoms with van der Waals surface area (Å²) in [6.45, 7) is 0. The molecular formula is C43H33N9Na2O6S2. The van der Waals surface area contributed by atoms with Crippen molar-refractivity contribution in [1.29, 1.82) is 0 Å². The molecule has 15 nitrogen and oxygen atoms in total. The van der Waals surface area contributed by atoms with Crippen molar-refractivity contribution < 1.29 is 85.1 Å². The summed E-state index contributed by atoms with van der Waals surface area (Å²) in [7, 11) is -9.21. The van der Waals surface area contributed by atoms with E-state index in [2.05, 4.69) is 46.9 Å². The molecule has 19 heteroatoms. The molecule has 0 fully saturated rings. The van der Waals surface area contributed by atoms with Crippen molar-refractivity contribution >= 4 is 100 Å². The van der Waals surface area contributed by atoms with Gasteiger partial charge < -0.3 is 41.0 Å². The number of rotatable bonds is 14. The van der Waals surface area contributed by atoms with Crippen LogP contribution in [0.1, 0.15) is 0 Å². The molecule has 0 spiro atoms. The van der Waals surface area contributed by atoms with Crippen LogP contribution in [0, 0.1) is 0 Å². The van der Waals surface area contributed by atoms with Crippen LogP contribution in [-0.2, 0) is 20.2 Å². The SMILES string of the molecule is O=S(=O)([O-])c1ccc(Nc2cc(Nc3ccccc3)cc(Nc3cccc4c(Nc5nc(Nc6ccccc6)nc(Nc6ccc(S(=O)(=O)[O-])cc6)n5)cccc34)c2)cc1.[Na+].[Na+]. The Hall–Kier alpha value is -5.57. The molecule has 6 N–H and O–H groups in total. The molecule has 0 radical (unpaired) electrons. The average Bonchev–Trinajstić information content (AvgIpc) is 3.22. The largest absolute Gasteiger partial charge is 1.00 e. The van der Waals surface area contributed by atoms with Crippen molar-refractivity contribution in [3.8, 4) is 0 Å². The Morgan fingerprint density at radius 1 is 0.339 bits per heavy atom. The summed E-state index contributed by atoms with van der Waals surface area (Å²) in [5, 5.41) is 21.6. The van der Waals surface area contributed by atoms with Crippen LogP contribution in [-0.4, -0.2) is 40.9 Å². The number of nitrogens with one attached hydrogen (secondary N) is 6. The fourth-order valence-electron chi connectivity index (χ4n) is 6.24. The fraction of sp³-hybridized carbons (Fsp3) is 0. The second-order valence-electron chi connectivity index (χ2n) is 13.3. The maximum Gasteiger partial charge on any atom is 1.00 e. The summed E-state index contributed by atoms with van der Waals surface area (Å²) in [4.78, 5) is 13.1. The van der Waals surface area contributed by atoms with Gasteiger partial charge in [0.15, 0.2) is 0 Å². The minimum absolute atomic E-state index is 0. The van der Waals surface area contributed by atoms with Gasteiger partial charge in [-0.05, 0) is 103 Å². The first-order valence-corrected chi connectivity index (χ1v) is 21.0. The van der Waals surface area contributed by atoms with Crippen LogP contribution in [0.25, 0.3) is 10.8 Å². The van der Waals surface area contributed by atoms with Crippen LogP contribution in [0.5, 0.6) is 0 Å². The number of para-hydroxylation sites is 2. The molecule has 1 aromatic heterocycles. The van der Waals surface area contributed by atoms with E-state index in [1.807, 2.05) is 115 Å². The van der Waals surface area contributed by atoms with E-state index < -0.39 is 20.2 Å². The summed E-state index contributed by atoms with van der Waals surface area (Å²) in [6.07, 6.45) is 0. The van der Waals surface area contributed by atoms with Gasteiger partial charge in [-0.1, -0.05) is 60.7 Å². The molecule has 0 bridgehead atoms. The molecule has 0 aliphatic rings. The average molecular weight is 882 g/mol. The molecule has 0 saturated carbocycles. The minimum Gasteiger partial charge on any atom is -0.744 e. The predicted octanol–water partition coefficient (Wildman–Crippen LogP) is 3.30. The van der Waals surface area contributed by atoms with Crippen LogP contribution < -0.4 is 91.0 Å². The van der Waals surface area contributed by atoms with Gasteiger partial charge in [0.1, 0.15) is 20.2 Å². The normalized spacial score (nSPS) is 11.1. The molecule has 7 aromatic carbocycles. The summed E-state index contributed by atoms with van der Waals surface area (Å²) < 4.78 is 68.9. The van der Waals surface area contributed by atoms with Crippen molar-refractivity contribution in [1.82, 2.24) is 15.0 Å². The number of aromatic nitrogens is 3. The van der Waals surface area contributed by atoms with E-state index in [4.69, 9.17) is 0 Å². The van der Waals surface area contributed by atoms with E-state index in [9.17, 15) is 25.9 Å². The zero-order valence-electron chi connectivity index (χ0n) is 33.2. The number of hydrogen-bond acceptors (Lipinski definition) is 15. The number of hydrogen-bond donors (Lipinski definition) is 6. The van der Waals surface area contributed by atoms with Crippen LogP contribution in [0.15, 0.2) is 174 Å². The third kappa shape index (κ3) is 11.9. The van der Waals surface area contributed by atoms with E-state index in [1.54, 1.807) is 0 Å². The van der Waals surface area contributed by atoms with E-state index in [0.717, 1.165) is 39.2 Å². The minimum atomic E-state index is -4.62. The number of anilines is 12. The summed E-state index contributed by atoms with van der Waals surface area (Å²) in [6, 6.07) is 47.3. The molecule has 0 amide bonds. The molecule has 0 unspecified atom stereocenters. The van der Waals surface area contributed by atoms with Crippen LogP contribution in [0.4, 0.5) is 69.0 Å². The molecule has 0 aliphatic carbocycles. The fourth-order valence-corrected chi connectivity index (χ4v) is 7.17. The van der Waals surface area contributed by atoms with Gasteiger partial charge in [-0.3, -0.25) is 0 Å². The van der Waals surface area contributed by atoms with Gasteiger partial charge in [-0.15, -0.1) is 0 Å². The number of fused-ring (bicyclic) bond motifs is 1. The van der Waals surface area contributed by atoms with Crippen LogP contribution >= 0.6 is 0 Å². The molecule has 1 heterocycles.